The molecule has 0 radical (unpaired) electrons. The highest BCUT2D eigenvalue weighted by Crippen LogP contribution is 2.25. The lowest BCUT2D eigenvalue weighted by molar-refractivity contribution is 0.726. The lowest BCUT2D eigenvalue weighted by Gasteiger charge is -2.26. The summed E-state index contributed by atoms with van der Waals surface area (Å²) < 4.78 is 0. The van der Waals surface area contributed by atoms with Crippen molar-refractivity contribution in [2.45, 2.75) is 71.3 Å². The maximum Gasteiger partial charge on any atom is 0.232 e. The van der Waals surface area contributed by atoms with Gasteiger partial charge in [0, 0.05) is 38.3 Å². The van der Waals surface area contributed by atoms with E-state index in [1.165, 1.54) is 51.4 Å². The van der Waals surface area contributed by atoms with E-state index in [4.69, 9.17) is 22.2 Å². The minimum Gasteiger partial charge on any atom is -0.360 e. The van der Waals surface area contributed by atoms with Crippen LogP contribution in [0.15, 0.2) is 6.07 Å². The summed E-state index contributed by atoms with van der Waals surface area (Å²) in [4.78, 5) is 14.5. The monoisotopic (exact) mass is 390 g/mol. The molecule has 2 aliphatic heterocycles. The van der Waals surface area contributed by atoms with Crippen LogP contribution in [0.2, 0.25) is 0 Å². The van der Waals surface area contributed by atoms with Gasteiger partial charge in [0.1, 0.15) is 11.6 Å². The molecule has 27 heavy (non-hydrogen) atoms. The summed E-state index contributed by atoms with van der Waals surface area (Å²) in [5.41, 5.74) is 0. The van der Waals surface area contributed by atoms with Gasteiger partial charge < -0.3 is 20.4 Å². The predicted molar refractivity (Wildman–Crippen MR) is 118 cm³/mol. The number of thiocarbonyl (C=S) groups is 1. The van der Waals surface area contributed by atoms with E-state index in [2.05, 4.69) is 40.3 Å². The van der Waals surface area contributed by atoms with Crippen LogP contribution in [0, 0.1) is 0 Å². The first-order valence-electron chi connectivity index (χ1n) is 10.6. The molecule has 1 aromatic rings. The molecule has 2 aliphatic rings. The van der Waals surface area contributed by atoms with Gasteiger partial charge in [-0.05, 0) is 51.7 Å². The lowest BCUT2D eigenvalue weighted by atomic mass is 10.2. The molecule has 6 nitrogen and oxygen atoms in total. The van der Waals surface area contributed by atoms with Gasteiger partial charge in [-0.25, -0.2) is 0 Å². The summed E-state index contributed by atoms with van der Waals surface area (Å²) in [6.07, 6.45) is 10.2. The van der Waals surface area contributed by atoms with Crippen LogP contribution in [-0.2, 0) is 0 Å². The molecule has 0 bridgehead atoms. The summed E-state index contributed by atoms with van der Waals surface area (Å²) in [7, 11) is 0. The maximum absolute atomic E-state index is 5.43. The molecule has 0 atom stereocenters. The van der Waals surface area contributed by atoms with E-state index in [0.717, 1.165) is 37.8 Å². The van der Waals surface area contributed by atoms with Crippen LogP contribution < -0.4 is 20.4 Å². The minimum atomic E-state index is 0.281. The van der Waals surface area contributed by atoms with Gasteiger partial charge in [0.2, 0.25) is 5.95 Å². The molecule has 3 rings (SSSR count). The zero-order chi connectivity index (χ0) is 19.1. The molecule has 0 unspecified atom stereocenters. The van der Waals surface area contributed by atoms with Gasteiger partial charge in [-0.2, -0.15) is 9.97 Å². The lowest BCUT2D eigenvalue weighted by Crippen LogP contribution is -2.35. The molecule has 7 heteroatoms. The molecule has 0 amide bonds. The number of anilines is 3. The van der Waals surface area contributed by atoms with Crippen molar-refractivity contribution in [2.75, 3.05) is 41.3 Å². The van der Waals surface area contributed by atoms with E-state index < -0.39 is 0 Å². The standard InChI is InChI=1S/C20H34N6S/c1-16(2)21-20(27)24-19-22-17(25-11-7-3-4-8-12-25)15-18(23-19)26-13-9-5-6-10-14-26/h15-16H,3-14H2,1-2H3,(H2,21,22,23,24,27). The summed E-state index contributed by atoms with van der Waals surface area (Å²) >= 11 is 5.43. The Morgan fingerprint density at radius 1 is 0.852 bits per heavy atom. The Bertz CT molecular complexity index is 566. The highest BCUT2D eigenvalue weighted by Gasteiger charge is 2.18. The Labute approximate surface area is 169 Å². The minimum absolute atomic E-state index is 0.281. The fourth-order valence-corrected chi connectivity index (χ4v) is 4.13. The Morgan fingerprint density at radius 3 is 1.70 bits per heavy atom. The van der Waals surface area contributed by atoms with Crippen molar-refractivity contribution in [2.24, 2.45) is 0 Å². The smallest absolute Gasteiger partial charge is 0.232 e. The number of nitrogens with zero attached hydrogens (tertiary/aromatic N) is 4. The fraction of sp³-hybridized carbons (Fsp3) is 0.750. The van der Waals surface area contributed by atoms with Gasteiger partial charge in [-0.3, -0.25) is 0 Å². The highest BCUT2D eigenvalue weighted by atomic mass is 32.1. The zero-order valence-electron chi connectivity index (χ0n) is 16.8. The Kier molecular flexibility index (Phi) is 7.50. The van der Waals surface area contributed by atoms with Crippen LogP contribution in [-0.4, -0.2) is 47.3 Å². The van der Waals surface area contributed by atoms with Crippen molar-refractivity contribution in [3.63, 3.8) is 0 Å². The number of hydrogen-bond donors (Lipinski definition) is 2. The predicted octanol–water partition coefficient (Wildman–Crippen LogP) is 3.93. The Morgan fingerprint density at radius 2 is 1.30 bits per heavy atom. The molecule has 2 fully saturated rings. The second kappa shape index (κ2) is 10.1. The number of hydrogen-bond acceptors (Lipinski definition) is 5. The molecule has 0 spiro atoms. The average molecular weight is 391 g/mol. The largest absolute Gasteiger partial charge is 0.360 e. The Balaban J connectivity index is 1.85. The summed E-state index contributed by atoms with van der Waals surface area (Å²) in [5, 5.41) is 7.01. The van der Waals surface area contributed by atoms with Crippen molar-refractivity contribution in [1.82, 2.24) is 15.3 Å². The normalized spacial score (nSPS) is 18.8. The quantitative estimate of drug-likeness (QED) is 0.755. The number of aromatic nitrogens is 2. The van der Waals surface area contributed by atoms with Gasteiger partial charge in [-0.1, -0.05) is 25.7 Å². The van der Waals surface area contributed by atoms with Crippen molar-refractivity contribution in [3.05, 3.63) is 6.07 Å². The molecule has 0 aromatic carbocycles. The van der Waals surface area contributed by atoms with Crippen LogP contribution in [0.5, 0.6) is 0 Å². The molecular formula is C20H34N6S. The molecule has 0 aliphatic carbocycles. The van der Waals surface area contributed by atoms with E-state index >= 15 is 0 Å². The van der Waals surface area contributed by atoms with E-state index in [9.17, 15) is 0 Å². The first-order chi connectivity index (χ1) is 13.1. The van der Waals surface area contributed by atoms with Gasteiger partial charge in [0.05, 0.1) is 0 Å². The van der Waals surface area contributed by atoms with Crippen LogP contribution in [0.25, 0.3) is 0 Å². The second-order valence-electron chi connectivity index (χ2n) is 7.96. The maximum atomic E-state index is 5.43. The van der Waals surface area contributed by atoms with Gasteiger partial charge in [-0.15, -0.1) is 0 Å². The molecule has 2 saturated heterocycles. The topological polar surface area (TPSA) is 56.3 Å². The SMILES string of the molecule is CC(C)NC(=S)Nc1nc(N2CCCCCC2)cc(N2CCCCCC2)n1. The molecule has 150 valence electrons. The summed E-state index contributed by atoms with van der Waals surface area (Å²) in [6, 6.07) is 2.46. The molecule has 0 saturated carbocycles. The number of nitrogens with one attached hydrogen (secondary N) is 2. The summed E-state index contributed by atoms with van der Waals surface area (Å²) in [5.74, 6) is 2.66. The van der Waals surface area contributed by atoms with Gasteiger partial charge >= 0.3 is 0 Å². The van der Waals surface area contributed by atoms with Crippen molar-refractivity contribution in [3.8, 4) is 0 Å². The van der Waals surface area contributed by atoms with Crippen LogP contribution >= 0.6 is 12.2 Å². The first-order valence-corrected chi connectivity index (χ1v) is 11.0. The summed E-state index contributed by atoms with van der Waals surface area (Å²) in [6.45, 7) is 8.45. The van der Waals surface area contributed by atoms with E-state index in [1.54, 1.807) is 0 Å². The third kappa shape index (κ3) is 6.19. The second-order valence-corrected chi connectivity index (χ2v) is 8.37. The van der Waals surface area contributed by atoms with Crippen molar-refractivity contribution < 1.29 is 0 Å². The molecule has 3 heterocycles. The number of rotatable bonds is 4. The van der Waals surface area contributed by atoms with E-state index in [0.29, 0.717) is 11.1 Å². The van der Waals surface area contributed by atoms with E-state index in [-0.39, 0.29) is 6.04 Å². The third-order valence-corrected chi connectivity index (χ3v) is 5.42. The van der Waals surface area contributed by atoms with Crippen LogP contribution in [0.1, 0.15) is 65.2 Å². The first kappa shape index (κ1) is 20.1. The van der Waals surface area contributed by atoms with Crippen LogP contribution in [0.4, 0.5) is 17.6 Å². The molecular weight excluding hydrogens is 356 g/mol. The van der Waals surface area contributed by atoms with Crippen molar-refractivity contribution >= 4 is 34.9 Å². The van der Waals surface area contributed by atoms with E-state index in [1.807, 2.05) is 0 Å². The van der Waals surface area contributed by atoms with Crippen LogP contribution in [0.3, 0.4) is 0 Å². The Hall–Kier alpha value is -1.63. The highest BCUT2D eigenvalue weighted by molar-refractivity contribution is 7.80. The third-order valence-electron chi connectivity index (χ3n) is 5.20. The van der Waals surface area contributed by atoms with Gasteiger partial charge in [0.15, 0.2) is 5.11 Å². The average Bonchev–Trinajstić information content (AvgIpc) is 3.06. The fourth-order valence-electron chi connectivity index (χ4n) is 3.80. The van der Waals surface area contributed by atoms with Gasteiger partial charge in [0.25, 0.3) is 0 Å². The zero-order valence-corrected chi connectivity index (χ0v) is 17.7. The van der Waals surface area contributed by atoms with Crippen molar-refractivity contribution in [1.29, 1.82) is 0 Å². The molecule has 1 aromatic heterocycles. The molecule has 2 N–H and O–H groups in total.